The molecule has 1 atom stereocenters. The molecule has 0 aliphatic rings. The van der Waals surface area contributed by atoms with Crippen LogP contribution in [0.1, 0.15) is 31.4 Å². The molecule has 0 aromatic heterocycles. The van der Waals surface area contributed by atoms with Gasteiger partial charge in [0.15, 0.2) is 0 Å². The molecule has 0 spiro atoms. The minimum absolute atomic E-state index is 0.0134. The Labute approximate surface area is 172 Å². The van der Waals surface area contributed by atoms with Crippen molar-refractivity contribution in [2.45, 2.75) is 39.3 Å². The van der Waals surface area contributed by atoms with Crippen LogP contribution in [-0.2, 0) is 22.6 Å². The number of nitrogens with one attached hydrogen (secondary N) is 1. The maximum Gasteiger partial charge on any atom is 0.242 e. The van der Waals surface area contributed by atoms with Gasteiger partial charge in [-0.25, -0.2) is 0 Å². The minimum Gasteiger partial charge on any atom is -0.355 e. The highest BCUT2D eigenvalue weighted by molar-refractivity contribution is 5.88. The second-order valence-electron chi connectivity index (χ2n) is 7.22. The molecule has 0 saturated heterocycles. The third kappa shape index (κ3) is 5.23. The molecule has 1 N–H and O–H groups in total. The molecule has 29 heavy (non-hydrogen) atoms. The molecule has 0 fully saturated rings. The Morgan fingerprint density at radius 1 is 0.931 bits per heavy atom. The minimum atomic E-state index is -0.518. The third-order valence-corrected chi connectivity index (χ3v) is 5.20. The number of carbonyl (C=O) groups excluding carboxylic acids is 2. The normalized spacial score (nSPS) is 11.8. The highest BCUT2D eigenvalue weighted by atomic mass is 16.2. The molecular weight excluding hydrogens is 360 g/mol. The highest BCUT2D eigenvalue weighted by Crippen LogP contribution is 2.20. The first-order valence-electron chi connectivity index (χ1n) is 10.2. The van der Waals surface area contributed by atoms with Crippen molar-refractivity contribution in [3.8, 4) is 0 Å². The van der Waals surface area contributed by atoms with E-state index in [0.29, 0.717) is 25.9 Å². The monoisotopic (exact) mass is 388 g/mol. The average molecular weight is 389 g/mol. The molecule has 4 heteroatoms. The zero-order valence-electron chi connectivity index (χ0n) is 17.1. The Balaban J connectivity index is 1.77. The molecular formula is C25H28N2O2. The van der Waals surface area contributed by atoms with Crippen LogP contribution in [0.5, 0.6) is 0 Å². The number of hydrogen-bond donors (Lipinski definition) is 1. The molecule has 4 nitrogen and oxygen atoms in total. The van der Waals surface area contributed by atoms with Gasteiger partial charge in [-0.3, -0.25) is 9.59 Å². The van der Waals surface area contributed by atoms with E-state index in [9.17, 15) is 9.59 Å². The topological polar surface area (TPSA) is 49.4 Å². The molecule has 3 rings (SSSR count). The second-order valence-corrected chi connectivity index (χ2v) is 7.22. The van der Waals surface area contributed by atoms with Crippen LogP contribution >= 0.6 is 0 Å². The lowest BCUT2D eigenvalue weighted by Crippen LogP contribution is -2.47. The standard InChI is InChI=1S/C25H28N2O2/c1-3-26-25(29)19(2)27(18-20-10-5-4-6-11-20)24(28)17-16-22-14-9-13-21-12-7-8-15-23(21)22/h4-15,19H,3,16-18H2,1-2H3,(H,26,29)/t19-/m1/s1. The Morgan fingerprint density at radius 2 is 1.62 bits per heavy atom. The number of benzene rings is 3. The largest absolute Gasteiger partial charge is 0.355 e. The van der Waals surface area contributed by atoms with Gasteiger partial charge in [-0.15, -0.1) is 0 Å². The van der Waals surface area contributed by atoms with Gasteiger partial charge in [0.05, 0.1) is 0 Å². The van der Waals surface area contributed by atoms with E-state index >= 15 is 0 Å². The summed E-state index contributed by atoms with van der Waals surface area (Å²) < 4.78 is 0. The summed E-state index contributed by atoms with van der Waals surface area (Å²) in [4.78, 5) is 27.3. The van der Waals surface area contributed by atoms with Gasteiger partial charge in [-0.2, -0.15) is 0 Å². The Morgan fingerprint density at radius 3 is 2.38 bits per heavy atom. The smallest absolute Gasteiger partial charge is 0.242 e. The first kappa shape index (κ1) is 20.6. The van der Waals surface area contributed by atoms with Crippen molar-refractivity contribution in [3.05, 3.63) is 83.9 Å². The molecule has 0 saturated carbocycles. The van der Waals surface area contributed by atoms with E-state index in [0.717, 1.165) is 11.1 Å². The number of rotatable bonds is 8. The third-order valence-electron chi connectivity index (χ3n) is 5.20. The Kier molecular flexibility index (Phi) is 7.01. The number of nitrogens with zero attached hydrogens (tertiary/aromatic N) is 1. The van der Waals surface area contributed by atoms with E-state index in [1.165, 1.54) is 10.8 Å². The summed E-state index contributed by atoms with van der Waals surface area (Å²) in [7, 11) is 0. The molecule has 0 unspecified atom stereocenters. The van der Waals surface area contributed by atoms with Crippen molar-refractivity contribution in [1.82, 2.24) is 10.2 Å². The number of amides is 2. The van der Waals surface area contributed by atoms with Gasteiger partial charge in [0.1, 0.15) is 6.04 Å². The lowest BCUT2D eigenvalue weighted by molar-refractivity contribution is -0.140. The van der Waals surface area contributed by atoms with Crippen molar-refractivity contribution in [3.63, 3.8) is 0 Å². The van der Waals surface area contributed by atoms with Gasteiger partial charge >= 0.3 is 0 Å². The summed E-state index contributed by atoms with van der Waals surface area (Å²) in [5.41, 5.74) is 2.17. The van der Waals surface area contributed by atoms with Crippen LogP contribution in [0.3, 0.4) is 0 Å². The molecule has 3 aromatic rings. The lowest BCUT2D eigenvalue weighted by Gasteiger charge is -2.29. The fourth-order valence-electron chi connectivity index (χ4n) is 3.58. The van der Waals surface area contributed by atoms with Crippen molar-refractivity contribution >= 4 is 22.6 Å². The van der Waals surface area contributed by atoms with Gasteiger partial charge in [0.2, 0.25) is 11.8 Å². The maximum atomic E-state index is 13.2. The summed E-state index contributed by atoms with van der Waals surface area (Å²) in [5, 5.41) is 5.18. The Hall–Kier alpha value is -3.14. The quantitative estimate of drug-likeness (QED) is 0.625. The van der Waals surface area contributed by atoms with Crippen LogP contribution in [0.4, 0.5) is 0 Å². The van der Waals surface area contributed by atoms with Gasteiger partial charge in [-0.1, -0.05) is 72.8 Å². The molecule has 0 bridgehead atoms. The van der Waals surface area contributed by atoms with Crippen molar-refractivity contribution in [2.24, 2.45) is 0 Å². The zero-order chi connectivity index (χ0) is 20.6. The van der Waals surface area contributed by atoms with Crippen LogP contribution in [0.2, 0.25) is 0 Å². The number of likely N-dealkylation sites (N-methyl/N-ethyl adjacent to an activating group) is 1. The summed E-state index contributed by atoms with van der Waals surface area (Å²) in [6.45, 7) is 4.65. The SMILES string of the molecule is CCNC(=O)[C@@H](C)N(Cc1ccccc1)C(=O)CCc1cccc2ccccc12. The number of fused-ring (bicyclic) bond motifs is 1. The lowest BCUT2D eigenvalue weighted by atomic mass is 10.0. The number of aryl methyl sites for hydroxylation is 1. The van der Waals surface area contributed by atoms with E-state index in [-0.39, 0.29) is 11.8 Å². The van der Waals surface area contributed by atoms with E-state index in [1.54, 1.807) is 11.8 Å². The van der Waals surface area contributed by atoms with Gasteiger partial charge in [-0.05, 0) is 42.2 Å². The molecule has 0 heterocycles. The number of carbonyl (C=O) groups is 2. The predicted molar refractivity (Wildman–Crippen MR) is 117 cm³/mol. The van der Waals surface area contributed by atoms with Crippen molar-refractivity contribution < 1.29 is 9.59 Å². The molecule has 0 radical (unpaired) electrons. The van der Waals surface area contributed by atoms with E-state index in [4.69, 9.17) is 0 Å². The first-order chi connectivity index (χ1) is 14.1. The van der Waals surface area contributed by atoms with Crippen LogP contribution in [0, 0.1) is 0 Å². The maximum absolute atomic E-state index is 13.2. The molecule has 0 aliphatic heterocycles. The Bertz CT molecular complexity index is 963. The summed E-state index contributed by atoms with van der Waals surface area (Å²) in [6.07, 6.45) is 1.01. The summed E-state index contributed by atoms with van der Waals surface area (Å²) >= 11 is 0. The molecule has 2 amide bonds. The molecule has 150 valence electrons. The first-order valence-corrected chi connectivity index (χ1v) is 10.2. The van der Waals surface area contributed by atoms with Gasteiger partial charge in [0, 0.05) is 19.5 Å². The summed E-state index contributed by atoms with van der Waals surface area (Å²) in [6, 6.07) is 23.7. The van der Waals surface area contributed by atoms with Crippen molar-refractivity contribution in [2.75, 3.05) is 6.54 Å². The average Bonchev–Trinajstić information content (AvgIpc) is 2.76. The van der Waals surface area contributed by atoms with E-state index < -0.39 is 6.04 Å². The number of hydrogen-bond acceptors (Lipinski definition) is 2. The van der Waals surface area contributed by atoms with Crippen LogP contribution in [-0.4, -0.2) is 29.3 Å². The predicted octanol–water partition coefficient (Wildman–Crippen LogP) is 4.33. The fraction of sp³-hybridized carbons (Fsp3) is 0.280. The second kappa shape index (κ2) is 9.87. The zero-order valence-corrected chi connectivity index (χ0v) is 17.1. The van der Waals surface area contributed by atoms with Crippen molar-refractivity contribution in [1.29, 1.82) is 0 Å². The van der Waals surface area contributed by atoms with Crippen LogP contribution < -0.4 is 5.32 Å². The van der Waals surface area contributed by atoms with Crippen LogP contribution in [0.15, 0.2) is 72.8 Å². The van der Waals surface area contributed by atoms with Gasteiger partial charge < -0.3 is 10.2 Å². The van der Waals surface area contributed by atoms with E-state index in [1.807, 2.05) is 55.5 Å². The molecule has 0 aliphatic carbocycles. The van der Waals surface area contributed by atoms with E-state index in [2.05, 4.69) is 29.6 Å². The highest BCUT2D eigenvalue weighted by Gasteiger charge is 2.25. The van der Waals surface area contributed by atoms with Crippen LogP contribution in [0.25, 0.3) is 10.8 Å². The van der Waals surface area contributed by atoms with Gasteiger partial charge in [0.25, 0.3) is 0 Å². The fourth-order valence-corrected chi connectivity index (χ4v) is 3.58. The molecule has 3 aromatic carbocycles. The summed E-state index contributed by atoms with van der Waals surface area (Å²) in [5.74, 6) is -0.137.